The van der Waals surface area contributed by atoms with Crippen molar-refractivity contribution < 1.29 is 4.79 Å². The lowest BCUT2D eigenvalue weighted by atomic mass is 9.97. The van der Waals surface area contributed by atoms with Crippen LogP contribution in [-0.4, -0.2) is 19.0 Å². The maximum Gasteiger partial charge on any atom is 0.221 e. The van der Waals surface area contributed by atoms with Gasteiger partial charge in [-0.2, -0.15) is 0 Å². The third kappa shape index (κ3) is 2.09. The van der Waals surface area contributed by atoms with Gasteiger partial charge in [0.05, 0.1) is 6.04 Å². The molecule has 3 nitrogen and oxygen atoms in total. The van der Waals surface area contributed by atoms with E-state index < -0.39 is 0 Å². The van der Waals surface area contributed by atoms with E-state index in [1.165, 1.54) is 22.4 Å². The molecule has 0 spiro atoms. The van der Waals surface area contributed by atoms with Crippen LogP contribution in [-0.2, 0) is 11.2 Å². The van der Waals surface area contributed by atoms with Gasteiger partial charge in [-0.3, -0.25) is 4.79 Å². The maximum absolute atomic E-state index is 11.8. The zero-order valence-corrected chi connectivity index (χ0v) is 11.9. The van der Waals surface area contributed by atoms with Crippen LogP contribution in [0.5, 0.6) is 0 Å². The Morgan fingerprint density at radius 3 is 2.67 bits per heavy atom. The number of hydrogen-bond donors (Lipinski definition) is 1. The number of nitrogens with zero attached hydrogens (tertiary/aromatic N) is 1. The number of hydrogen-bond acceptors (Lipinski definition) is 2. The standard InChI is InChI=1S/C18H18N2O/c21-18-9-10-20-16-8-4-2-6-14(16)11-13-5-1-3-7-15(13)17(20)12-19-18/h1-8,17H,9-12H2,(H,19,21). The van der Waals surface area contributed by atoms with Crippen molar-refractivity contribution in [2.45, 2.75) is 18.9 Å². The van der Waals surface area contributed by atoms with Crippen molar-refractivity contribution in [2.75, 3.05) is 18.0 Å². The Balaban J connectivity index is 1.90. The van der Waals surface area contributed by atoms with Gasteiger partial charge in [0.1, 0.15) is 0 Å². The van der Waals surface area contributed by atoms with Crippen molar-refractivity contribution in [3.63, 3.8) is 0 Å². The summed E-state index contributed by atoms with van der Waals surface area (Å²) in [5.41, 5.74) is 5.33. The smallest absolute Gasteiger partial charge is 0.221 e. The number of carbonyl (C=O) groups excluding carboxylic acids is 1. The van der Waals surface area contributed by atoms with E-state index in [2.05, 4.69) is 58.7 Å². The molecule has 4 rings (SSSR count). The van der Waals surface area contributed by atoms with Crippen LogP contribution in [0, 0.1) is 0 Å². The lowest BCUT2D eigenvalue weighted by molar-refractivity contribution is -0.120. The SMILES string of the molecule is O=C1CCN2c3ccccc3Cc3ccccc3C2CN1. The fourth-order valence-electron chi connectivity index (χ4n) is 3.52. The Kier molecular flexibility index (Phi) is 2.92. The van der Waals surface area contributed by atoms with E-state index in [0.717, 1.165) is 13.0 Å². The largest absolute Gasteiger partial charge is 0.362 e. The first-order valence-electron chi connectivity index (χ1n) is 7.52. The minimum atomic E-state index is 0.151. The van der Waals surface area contributed by atoms with Crippen LogP contribution in [0.1, 0.15) is 29.2 Å². The zero-order valence-electron chi connectivity index (χ0n) is 11.9. The van der Waals surface area contributed by atoms with Gasteiger partial charge in [0.25, 0.3) is 0 Å². The molecule has 1 amide bonds. The number of rotatable bonds is 0. The van der Waals surface area contributed by atoms with E-state index >= 15 is 0 Å². The number of amides is 1. The molecule has 2 aliphatic heterocycles. The summed E-state index contributed by atoms with van der Waals surface area (Å²) in [5.74, 6) is 0.151. The molecule has 0 bridgehead atoms. The van der Waals surface area contributed by atoms with Gasteiger partial charge in [-0.1, -0.05) is 42.5 Å². The Bertz CT molecular complexity index is 638. The first kappa shape index (κ1) is 12.5. The zero-order chi connectivity index (χ0) is 14.2. The Morgan fingerprint density at radius 2 is 1.76 bits per heavy atom. The molecule has 1 N–H and O–H groups in total. The third-order valence-corrected chi connectivity index (χ3v) is 4.54. The summed E-state index contributed by atoms with van der Waals surface area (Å²) in [6, 6.07) is 17.4. The summed E-state index contributed by atoms with van der Waals surface area (Å²) in [6.45, 7) is 1.46. The van der Waals surface area contributed by atoms with Crippen LogP contribution in [0.3, 0.4) is 0 Å². The molecule has 2 aromatic carbocycles. The number of carbonyl (C=O) groups is 1. The highest BCUT2D eigenvalue weighted by molar-refractivity contribution is 5.78. The summed E-state index contributed by atoms with van der Waals surface area (Å²) in [7, 11) is 0. The molecule has 0 aliphatic carbocycles. The molecule has 106 valence electrons. The highest BCUT2D eigenvalue weighted by Gasteiger charge is 2.30. The molecule has 1 saturated heterocycles. The van der Waals surface area contributed by atoms with Gasteiger partial charge in [-0.05, 0) is 29.2 Å². The molecule has 1 fully saturated rings. The lowest BCUT2D eigenvalue weighted by Crippen LogP contribution is -2.33. The van der Waals surface area contributed by atoms with E-state index in [1.807, 2.05) is 0 Å². The monoisotopic (exact) mass is 278 g/mol. The fourth-order valence-corrected chi connectivity index (χ4v) is 3.52. The first-order chi connectivity index (χ1) is 10.3. The normalized spacial score (nSPS) is 20.5. The second kappa shape index (κ2) is 4.92. The summed E-state index contributed by atoms with van der Waals surface area (Å²) in [6.07, 6.45) is 1.53. The van der Waals surface area contributed by atoms with Crippen LogP contribution in [0.15, 0.2) is 48.5 Å². The molecule has 1 unspecified atom stereocenters. The van der Waals surface area contributed by atoms with Crippen LogP contribution in [0.2, 0.25) is 0 Å². The fraction of sp³-hybridized carbons (Fsp3) is 0.278. The molecular formula is C18H18N2O. The molecule has 1 atom stereocenters. The van der Waals surface area contributed by atoms with Crippen molar-refractivity contribution in [1.82, 2.24) is 5.32 Å². The van der Waals surface area contributed by atoms with Crippen molar-refractivity contribution in [3.8, 4) is 0 Å². The molecule has 0 radical (unpaired) electrons. The summed E-state index contributed by atoms with van der Waals surface area (Å²) < 4.78 is 0. The van der Waals surface area contributed by atoms with Crippen molar-refractivity contribution in [2.24, 2.45) is 0 Å². The van der Waals surface area contributed by atoms with Crippen molar-refractivity contribution in [1.29, 1.82) is 0 Å². The molecule has 3 heteroatoms. The molecule has 2 aromatic rings. The second-order valence-electron chi connectivity index (χ2n) is 5.77. The van der Waals surface area contributed by atoms with E-state index in [9.17, 15) is 4.79 Å². The van der Waals surface area contributed by atoms with E-state index in [-0.39, 0.29) is 11.9 Å². The van der Waals surface area contributed by atoms with Crippen molar-refractivity contribution in [3.05, 3.63) is 65.2 Å². The van der Waals surface area contributed by atoms with Crippen LogP contribution < -0.4 is 10.2 Å². The predicted molar refractivity (Wildman–Crippen MR) is 83.4 cm³/mol. The van der Waals surface area contributed by atoms with Gasteiger partial charge in [-0.25, -0.2) is 0 Å². The van der Waals surface area contributed by atoms with E-state index in [1.54, 1.807) is 0 Å². The summed E-state index contributed by atoms with van der Waals surface area (Å²) in [4.78, 5) is 14.2. The number of para-hydroxylation sites is 1. The van der Waals surface area contributed by atoms with Gasteiger partial charge >= 0.3 is 0 Å². The molecule has 0 aromatic heterocycles. The van der Waals surface area contributed by atoms with Gasteiger partial charge < -0.3 is 10.2 Å². The van der Waals surface area contributed by atoms with Crippen LogP contribution in [0.4, 0.5) is 5.69 Å². The molecule has 2 aliphatic rings. The number of nitrogens with one attached hydrogen (secondary N) is 1. The van der Waals surface area contributed by atoms with Gasteiger partial charge in [0.15, 0.2) is 0 Å². The quantitative estimate of drug-likeness (QED) is 0.803. The average Bonchev–Trinajstić information content (AvgIpc) is 2.78. The van der Waals surface area contributed by atoms with E-state index in [0.29, 0.717) is 13.0 Å². The molecule has 0 saturated carbocycles. The average molecular weight is 278 g/mol. The second-order valence-corrected chi connectivity index (χ2v) is 5.77. The summed E-state index contributed by atoms with van der Waals surface area (Å²) >= 11 is 0. The summed E-state index contributed by atoms with van der Waals surface area (Å²) in [5, 5.41) is 3.06. The molecule has 21 heavy (non-hydrogen) atoms. The highest BCUT2D eigenvalue weighted by Crippen LogP contribution is 2.37. The Morgan fingerprint density at radius 1 is 1.00 bits per heavy atom. The number of anilines is 1. The number of fused-ring (bicyclic) bond motifs is 5. The third-order valence-electron chi connectivity index (χ3n) is 4.54. The van der Waals surface area contributed by atoms with Gasteiger partial charge in [0.2, 0.25) is 5.91 Å². The highest BCUT2D eigenvalue weighted by atomic mass is 16.1. The van der Waals surface area contributed by atoms with Gasteiger partial charge in [-0.15, -0.1) is 0 Å². The first-order valence-corrected chi connectivity index (χ1v) is 7.52. The lowest BCUT2D eigenvalue weighted by Gasteiger charge is -2.31. The topological polar surface area (TPSA) is 32.3 Å². The minimum absolute atomic E-state index is 0.151. The predicted octanol–water partition coefficient (Wildman–Crippen LogP) is 2.66. The molecular weight excluding hydrogens is 260 g/mol. The van der Waals surface area contributed by atoms with Crippen molar-refractivity contribution >= 4 is 11.6 Å². The number of benzene rings is 2. The molecule has 2 heterocycles. The Hall–Kier alpha value is -2.29. The maximum atomic E-state index is 11.8. The van der Waals surface area contributed by atoms with Gasteiger partial charge in [0, 0.05) is 25.2 Å². The van der Waals surface area contributed by atoms with E-state index in [4.69, 9.17) is 0 Å². The van der Waals surface area contributed by atoms with Crippen LogP contribution in [0.25, 0.3) is 0 Å². The minimum Gasteiger partial charge on any atom is -0.362 e. The Labute approximate surface area is 124 Å². The van der Waals surface area contributed by atoms with Crippen LogP contribution >= 0.6 is 0 Å².